The molecule has 0 radical (unpaired) electrons. The highest BCUT2D eigenvalue weighted by atomic mass is 16.2. The van der Waals surface area contributed by atoms with Gasteiger partial charge in [-0.05, 0) is 51.0 Å². The van der Waals surface area contributed by atoms with E-state index in [4.69, 9.17) is 0 Å². The minimum atomic E-state index is -0.192. The van der Waals surface area contributed by atoms with Crippen LogP contribution in [0.1, 0.15) is 32.3 Å². The van der Waals surface area contributed by atoms with Gasteiger partial charge >= 0.3 is 0 Å². The molecule has 2 aliphatic rings. The van der Waals surface area contributed by atoms with E-state index in [-0.39, 0.29) is 11.3 Å². The van der Waals surface area contributed by atoms with Crippen LogP contribution in [-0.4, -0.2) is 35.9 Å². The molecule has 3 rings (SSSR count). The molecule has 1 spiro atoms. The highest BCUT2D eigenvalue weighted by Gasteiger charge is 2.43. The highest BCUT2D eigenvalue weighted by molar-refractivity contribution is 5.98. The number of aromatic nitrogens is 1. The standard InChI is InChI=1S/C13H17N3O.C2H6/c1-16-6-3-13(4-7-16)8-10-9-14-5-2-11(10)15-12(13)17;1-2/h2,5,9H,3-4,6-8H2,1H3,(H,15,17);1-2H3. The van der Waals surface area contributed by atoms with Gasteiger partial charge in [0.25, 0.3) is 0 Å². The molecule has 4 nitrogen and oxygen atoms in total. The normalized spacial score (nSPS) is 21.1. The molecule has 0 aliphatic carbocycles. The molecule has 1 aromatic rings. The molecule has 1 fully saturated rings. The number of hydrogen-bond acceptors (Lipinski definition) is 3. The minimum absolute atomic E-state index is 0.192. The van der Waals surface area contributed by atoms with Crippen LogP contribution in [0.15, 0.2) is 18.5 Å². The molecule has 1 aromatic heterocycles. The predicted octanol–water partition coefficient (Wildman–Crippen LogP) is 2.31. The van der Waals surface area contributed by atoms with Crippen LogP contribution in [0.5, 0.6) is 0 Å². The Morgan fingerprint density at radius 2 is 2.00 bits per heavy atom. The smallest absolute Gasteiger partial charge is 0.231 e. The van der Waals surface area contributed by atoms with Gasteiger partial charge in [-0.2, -0.15) is 0 Å². The summed E-state index contributed by atoms with van der Waals surface area (Å²) >= 11 is 0. The Hall–Kier alpha value is -1.42. The van der Waals surface area contributed by atoms with Crippen molar-refractivity contribution in [2.24, 2.45) is 5.41 Å². The summed E-state index contributed by atoms with van der Waals surface area (Å²) in [6, 6.07) is 1.88. The zero-order valence-electron chi connectivity index (χ0n) is 12.1. The molecule has 19 heavy (non-hydrogen) atoms. The van der Waals surface area contributed by atoms with E-state index in [1.54, 1.807) is 6.20 Å². The van der Waals surface area contributed by atoms with Crippen molar-refractivity contribution in [3.05, 3.63) is 24.0 Å². The van der Waals surface area contributed by atoms with Crippen molar-refractivity contribution in [3.63, 3.8) is 0 Å². The van der Waals surface area contributed by atoms with Crippen LogP contribution < -0.4 is 5.32 Å². The zero-order valence-corrected chi connectivity index (χ0v) is 12.1. The average Bonchev–Trinajstić information content (AvgIpc) is 2.45. The molecule has 0 aromatic carbocycles. The zero-order chi connectivity index (χ0) is 13.9. The number of hydrogen-bond donors (Lipinski definition) is 1. The lowest BCUT2D eigenvalue weighted by Crippen LogP contribution is -2.48. The molecule has 4 heteroatoms. The Labute approximate surface area is 115 Å². The van der Waals surface area contributed by atoms with Crippen molar-refractivity contribution >= 4 is 11.6 Å². The van der Waals surface area contributed by atoms with Gasteiger partial charge in [0.05, 0.1) is 5.41 Å². The van der Waals surface area contributed by atoms with Gasteiger partial charge in [-0.3, -0.25) is 9.78 Å². The molecule has 2 aliphatic heterocycles. The Morgan fingerprint density at radius 3 is 2.68 bits per heavy atom. The van der Waals surface area contributed by atoms with Gasteiger partial charge in [0.2, 0.25) is 5.91 Å². The molecule has 1 amide bonds. The number of nitrogens with zero attached hydrogens (tertiary/aromatic N) is 2. The van der Waals surface area contributed by atoms with Crippen LogP contribution in [-0.2, 0) is 11.2 Å². The van der Waals surface area contributed by atoms with E-state index in [9.17, 15) is 4.79 Å². The maximum atomic E-state index is 12.3. The second-order valence-corrected chi connectivity index (χ2v) is 5.25. The van der Waals surface area contributed by atoms with Gasteiger partial charge in [-0.25, -0.2) is 0 Å². The fourth-order valence-electron chi connectivity index (χ4n) is 2.84. The fourth-order valence-corrected chi connectivity index (χ4v) is 2.84. The number of piperidine rings is 1. The molecular formula is C15H23N3O. The summed E-state index contributed by atoms with van der Waals surface area (Å²) in [7, 11) is 2.11. The van der Waals surface area contributed by atoms with Crippen LogP contribution in [0.2, 0.25) is 0 Å². The molecule has 1 saturated heterocycles. The number of anilines is 1. The number of carbonyl (C=O) groups is 1. The summed E-state index contributed by atoms with van der Waals surface area (Å²) in [5.41, 5.74) is 1.92. The van der Waals surface area contributed by atoms with Crippen LogP contribution >= 0.6 is 0 Å². The second kappa shape index (κ2) is 5.70. The topological polar surface area (TPSA) is 45.2 Å². The van der Waals surface area contributed by atoms with Crippen LogP contribution in [0.3, 0.4) is 0 Å². The largest absolute Gasteiger partial charge is 0.325 e. The molecule has 0 saturated carbocycles. The monoisotopic (exact) mass is 261 g/mol. The first-order valence-electron chi connectivity index (χ1n) is 7.13. The highest BCUT2D eigenvalue weighted by Crippen LogP contribution is 2.40. The maximum Gasteiger partial charge on any atom is 0.231 e. The van der Waals surface area contributed by atoms with Crippen molar-refractivity contribution in [3.8, 4) is 0 Å². The molecule has 3 heterocycles. The summed E-state index contributed by atoms with van der Waals surface area (Å²) in [5.74, 6) is 0.198. The van der Waals surface area contributed by atoms with Gasteiger partial charge < -0.3 is 10.2 Å². The summed E-state index contributed by atoms with van der Waals surface area (Å²) in [4.78, 5) is 18.7. The van der Waals surface area contributed by atoms with E-state index in [0.29, 0.717) is 0 Å². The van der Waals surface area contributed by atoms with Crippen molar-refractivity contribution in [1.82, 2.24) is 9.88 Å². The molecule has 0 bridgehead atoms. The summed E-state index contributed by atoms with van der Waals surface area (Å²) in [6.45, 7) is 6.01. The number of nitrogens with one attached hydrogen (secondary N) is 1. The van der Waals surface area contributed by atoms with Crippen molar-refractivity contribution in [2.45, 2.75) is 33.1 Å². The van der Waals surface area contributed by atoms with E-state index >= 15 is 0 Å². The van der Waals surface area contributed by atoms with Gasteiger partial charge in [0.15, 0.2) is 0 Å². The maximum absolute atomic E-state index is 12.3. The lowest BCUT2D eigenvalue weighted by molar-refractivity contribution is -0.128. The van der Waals surface area contributed by atoms with Crippen LogP contribution in [0.4, 0.5) is 5.69 Å². The first kappa shape index (κ1) is 14.0. The minimum Gasteiger partial charge on any atom is -0.325 e. The molecule has 104 valence electrons. The Bertz CT molecular complexity index is 450. The summed E-state index contributed by atoms with van der Waals surface area (Å²) in [6.07, 6.45) is 6.35. The third-order valence-corrected chi connectivity index (χ3v) is 4.11. The van der Waals surface area contributed by atoms with E-state index in [1.165, 1.54) is 5.56 Å². The third-order valence-electron chi connectivity index (χ3n) is 4.11. The predicted molar refractivity (Wildman–Crippen MR) is 77.1 cm³/mol. The Morgan fingerprint density at radius 1 is 1.32 bits per heavy atom. The lowest BCUT2D eigenvalue weighted by atomic mass is 9.71. The quantitative estimate of drug-likeness (QED) is 0.779. The number of rotatable bonds is 0. The molecule has 0 atom stereocenters. The summed E-state index contributed by atoms with van der Waals surface area (Å²) < 4.78 is 0. The van der Waals surface area contributed by atoms with E-state index in [0.717, 1.165) is 38.0 Å². The fraction of sp³-hybridized carbons (Fsp3) is 0.600. The Balaban J connectivity index is 0.000000637. The number of carbonyl (C=O) groups excluding carboxylic acids is 1. The van der Waals surface area contributed by atoms with Crippen LogP contribution in [0, 0.1) is 5.41 Å². The first-order chi connectivity index (χ1) is 9.20. The summed E-state index contributed by atoms with van der Waals surface area (Å²) in [5, 5.41) is 3.04. The number of fused-ring (bicyclic) bond motifs is 1. The van der Waals surface area contributed by atoms with Crippen LogP contribution in [0.25, 0.3) is 0 Å². The first-order valence-corrected chi connectivity index (χ1v) is 7.13. The second-order valence-electron chi connectivity index (χ2n) is 5.25. The number of likely N-dealkylation sites (tertiary alicyclic amines) is 1. The van der Waals surface area contributed by atoms with Gasteiger partial charge in [0.1, 0.15) is 0 Å². The molecule has 0 unspecified atom stereocenters. The van der Waals surface area contributed by atoms with Crippen molar-refractivity contribution < 1.29 is 4.79 Å². The van der Waals surface area contributed by atoms with Gasteiger partial charge in [0, 0.05) is 18.1 Å². The molecule has 1 N–H and O–H groups in total. The van der Waals surface area contributed by atoms with E-state index in [1.807, 2.05) is 26.1 Å². The third kappa shape index (κ3) is 2.63. The van der Waals surface area contributed by atoms with E-state index in [2.05, 4.69) is 22.2 Å². The van der Waals surface area contributed by atoms with Crippen molar-refractivity contribution in [1.29, 1.82) is 0 Å². The SMILES string of the molecule is CC.CN1CCC2(CC1)Cc1cnccc1NC2=O. The Kier molecular flexibility index (Phi) is 4.20. The van der Waals surface area contributed by atoms with Crippen molar-refractivity contribution in [2.75, 3.05) is 25.5 Å². The number of amides is 1. The average molecular weight is 261 g/mol. The lowest BCUT2D eigenvalue weighted by Gasteiger charge is -2.42. The molecular weight excluding hydrogens is 238 g/mol. The van der Waals surface area contributed by atoms with Gasteiger partial charge in [-0.1, -0.05) is 13.8 Å². The van der Waals surface area contributed by atoms with Gasteiger partial charge in [-0.15, -0.1) is 0 Å². The van der Waals surface area contributed by atoms with E-state index < -0.39 is 0 Å². The number of pyridine rings is 1.